The SMILES string of the molecule is CCN(CC)c1ccc2cc(-c3c(O)c4ccccc4[nH]c3=O)c(=O)oc2c1. The van der Waals surface area contributed by atoms with Crippen LogP contribution in [0.4, 0.5) is 5.69 Å². The zero-order valence-corrected chi connectivity index (χ0v) is 15.7. The lowest BCUT2D eigenvalue weighted by Crippen LogP contribution is -2.21. The Morgan fingerprint density at radius 3 is 2.54 bits per heavy atom. The van der Waals surface area contributed by atoms with Gasteiger partial charge in [-0.25, -0.2) is 4.79 Å². The predicted molar refractivity (Wildman–Crippen MR) is 111 cm³/mol. The van der Waals surface area contributed by atoms with Crippen LogP contribution in [0.2, 0.25) is 0 Å². The quantitative estimate of drug-likeness (QED) is 0.528. The number of fused-ring (bicyclic) bond motifs is 2. The molecule has 28 heavy (non-hydrogen) atoms. The third-order valence-electron chi connectivity index (χ3n) is 5.01. The minimum atomic E-state index is -0.666. The Kier molecular flexibility index (Phi) is 4.39. The molecular formula is C22H20N2O4. The van der Waals surface area contributed by atoms with Gasteiger partial charge in [0.25, 0.3) is 5.56 Å². The van der Waals surface area contributed by atoms with Crippen LogP contribution >= 0.6 is 0 Å². The molecule has 0 bridgehead atoms. The maximum atomic E-state index is 12.7. The fraction of sp³-hybridized carbons (Fsp3) is 0.182. The van der Waals surface area contributed by atoms with E-state index in [1.165, 1.54) is 0 Å². The molecule has 0 spiro atoms. The van der Waals surface area contributed by atoms with Gasteiger partial charge in [0, 0.05) is 35.6 Å². The van der Waals surface area contributed by atoms with Crippen LogP contribution in [0, 0.1) is 0 Å². The van der Waals surface area contributed by atoms with Crippen molar-refractivity contribution in [3.63, 3.8) is 0 Å². The maximum Gasteiger partial charge on any atom is 0.344 e. The first-order chi connectivity index (χ1) is 13.5. The van der Waals surface area contributed by atoms with E-state index >= 15 is 0 Å². The summed E-state index contributed by atoms with van der Waals surface area (Å²) in [5.41, 5.74) is 0.648. The highest BCUT2D eigenvalue weighted by atomic mass is 16.4. The average Bonchev–Trinajstić information content (AvgIpc) is 2.69. The highest BCUT2D eigenvalue weighted by molar-refractivity contribution is 5.93. The molecule has 0 aliphatic carbocycles. The van der Waals surface area contributed by atoms with Crippen LogP contribution in [0.15, 0.2) is 62.5 Å². The van der Waals surface area contributed by atoms with Crippen LogP contribution in [0.5, 0.6) is 5.75 Å². The van der Waals surface area contributed by atoms with Crippen LogP contribution in [-0.4, -0.2) is 23.2 Å². The second-order valence-corrected chi connectivity index (χ2v) is 6.57. The fourth-order valence-electron chi connectivity index (χ4n) is 3.54. The van der Waals surface area contributed by atoms with Crippen molar-refractivity contribution in [1.82, 2.24) is 4.98 Å². The summed E-state index contributed by atoms with van der Waals surface area (Å²) in [5.74, 6) is -0.231. The highest BCUT2D eigenvalue weighted by Gasteiger charge is 2.18. The zero-order chi connectivity index (χ0) is 19.8. The lowest BCUT2D eigenvalue weighted by molar-refractivity contribution is 0.481. The first kappa shape index (κ1) is 17.9. The van der Waals surface area contributed by atoms with Crippen molar-refractivity contribution in [2.75, 3.05) is 18.0 Å². The summed E-state index contributed by atoms with van der Waals surface area (Å²) >= 11 is 0. The maximum absolute atomic E-state index is 12.7. The van der Waals surface area contributed by atoms with Gasteiger partial charge in [-0.1, -0.05) is 12.1 Å². The Labute approximate surface area is 160 Å². The molecule has 142 valence electrons. The van der Waals surface area contributed by atoms with Gasteiger partial charge in [-0.3, -0.25) is 4.79 Å². The number of hydrogen-bond donors (Lipinski definition) is 2. The summed E-state index contributed by atoms with van der Waals surface area (Å²) in [4.78, 5) is 30.1. The molecule has 2 aromatic heterocycles. The number of aromatic amines is 1. The van der Waals surface area contributed by atoms with E-state index in [9.17, 15) is 14.7 Å². The lowest BCUT2D eigenvalue weighted by Gasteiger charge is -2.21. The Balaban J connectivity index is 1.94. The van der Waals surface area contributed by atoms with Gasteiger partial charge in [0.05, 0.1) is 16.6 Å². The van der Waals surface area contributed by atoms with E-state index < -0.39 is 11.2 Å². The predicted octanol–water partition coefficient (Wildman–Crippen LogP) is 3.85. The van der Waals surface area contributed by atoms with Crippen molar-refractivity contribution in [3.8, 4) is 16.9 Å². The van der Waals surface area contributed by atoms with E-state index in [-0.39, 0.29) is 16.9 Å². The number of anilines is 1. The molecule has 6 nitrogen and oxygen atoms in total. The molecule has 0 radical (unpaired) electrons. The zero-order valence-electron chi connectivity index (χ0n) is 15.7. The summed E-state index contributed by atoms with van der Waals surface area (Å²) in [6.45, 7) is 5.79. The molecule has 2 N–H and O–H groups in total. The molecule has 2 aromatic carbocycles. The molecule has 0 aliphatic rings. The van der Waals surface area contributed by atoms with Crippen molar-refractivity contribution < 1.29 is 9.52 Å². The first-order valence-corrected chi connectivity index (χ1v) is 9.20. The fourth-order valence-corrected chi connectivity index (χ4v) is 3.54. The molecule has 0 aliphatic heterocycles. The molecule has 2 heterocycles. The van der Waals surface area contributed by atoms with Gasteiger partial charge in [-0.2, -0.15) is 0 Å². The van der Waals surface area contributed by atoms with E-state index in [1.54, 1.807) is 30.3 Å². The second kappa shape index (κ2) is 6.88. The van der Waals surface area contributed by atoms with E-state index in [2.05, 4.69) is 23.7 Å². The molecule has 0 fully saturated rings. The number of aromatic hydroxyl groups is 1. The van der Waals surface area contributed by atoms with Gasteiger partial charge >= 0.3 is 5.63 Å². The molecule has 0 saturated carbocycles. The van der Waals surface area contributed by atoms with Crippen LogP contribution in [0.1, 0.15) is 13.8 Å². The largest absolute Gasteiger partial charge is 0.506 e. The number of H-pyrrole nitrogens is 1. The molecule has 0 atom stereocenters. The van der Waals surface area contributed by atoms with E-state index in [0.29, 0.717) is 21.9 Å². The monoisotopic (exact) mass is 376 g/mol. The van der Waals surface area contributed by atoms with Gasteiger partial charge in [0.1, 0.15) is 11.3 Å². The third kappa shape index (κ3) is 2.83. The topological polar surface area (TPSA) is 86.5 Å². The number of aromatic nitrogens is 1. The second-order valence-electron chi connectivity index (χ2n) is 6.57. The molecule has 0 saturated heterocycles. The van der Waals surface area contributed by atoms with Crippen molar-refractivity contribution >= 4 is 27.6 Å². The number of pyridine rings is 1. The van der Waals surface area contributed by atoms with Crippen molar-refractivity contribution in [3.05, 3.63) is 69.3 Å². The number of benzene rings is 2. The summed E-state index contributed by atoms with van der Waals surface area (Å²) in [7, 11) is 0. The Morgan fingerprint density at radius 1 is 1.04 bits per heavy atom. The average molecular weight is 376 g/mol. The number of para-hydroxylation sites is 1. The van der Waals surface area contributed by atoms with Gasteiger partial charge in [-0.05, 0) is 44.2 Å². The minimum absolute atomic E-state index is 0.0348. The number of nitrogens with one attached hydrogen (secondary N) is 1. The van der Waals surface area contributed by atoms with Crippen molar-refractivity contribution in [2.24, 2.45) is 0 Å². The Bertz CT molecular complexity index is 1300. The molecule has 0 unspecified atom stereocenters. The summed E-state index contributed by atoms with van der Waals surface area (Å²) in [6.07, 6.45) is 0. The smallest absolute Gasteiger partial charge is 0.344 e. The molecule has 0 amide bonds. The summed E-state index contributed by atoms with van der Waals surface area (Å²) in [5, 5.41) is 11.8. The normalized spacial score (nSPS) is 11.2. The van der Waals surface area contributed by atoms with Crippen LogP contribution in [0.25, 0.3) is 33.0 Å². The molecular weight excluding hydrogens is 356 g/mol. The van der Waals surface area contributed by atoms with E-state index in [4.69, 9.17) is 4.42 Å². The molecule has 4 aromatic rings. The van der Waals surface area contributed by atoms with E-state index in [0.717, 1.165) is 18.8 Å². The van der Waals surface area contributed by atoms with Crippen LogP contribution in [-0.2, 0) is 0 Å². The summed E-state index contributed by atoms with van der Waals surface area (Å²) in [6, 6.07) is 14.1. The lowest BCUT2D eigenvalue weighted by atomic mass is 10.0. The Hall–Kier alpha value is -3.54. The van der Waals surface area contributed by atoms with E-state index in [1.807, 2.05) is 18.2 Å². The summed E-state index contributed by atoms with van der Waals surface area (Å²) < 4.78 is 5.50. The number of rotatable bonds is 4. The minimum Gasteiger partial charge on any atom is -0.506 e. The molecule has 6 heteroatoms. The van der Waals surface area contributed by atoms with Crippen molar-refractivity contribution in [1.29, 1.82) is 0 Å². The van der Waals surface area contributed by atoms with Gasteiger partial charge in [0.15, 0.2) is 0 Å². The standard InChI is InChI=1S/C22H20N2O4/c1-3-24(4-2)14-10-9-13-11-16(22(27)28-18(13)12-14)19-20(25)15-7-5-6-8-17(15)23-21(19)26/h5-12H,3-4H2,1-2H3,(H2,23,25,26). The number of nitrogens with zero attached hydrogens (tertiary/aromatic N) is 1. The molecule has 4 rings (SSSR count). The first-order valence-electron chi connectivity index (χ1n) is 9.20. The third-order valence-corrected chi connectivity index (χ3v) is 5.01. The van der Waals surface area contributed by atoms with Crippen LogP contribution < -0.4 is 16.1 Å². The van der Waals surface area contributed by atoms with Gasteiger partial charge in [-0.15, -0.1) is 0 Å². The van der Waals surface area contributed by atoms with Gasteiger partial charge in [0.2, 0.25) is 0 Å². The Morgan fingerprint density at radius 2 is 1.79 bits per heavy atom. The van der Waals surface area contributed by atoms with Crippen LogP contribution in [0.3, 0.4) is 0 Å². The van der Waals surface area contributed by atoms with Gasteiger partial charge < -0.3 is 19.4 Å². The highest BCUT2D eigenvalue weighted by Crippen LogP contribution is 2.32. The van der Waals surface area contributed by atoms with Crippen molar-refractivity contribution in [2.45, 2.75) is 13.8 Å². The number of hydrogen-bond acceptors (Lipinski definition) is 5.